The highest BCUT2D eigenvalue weighted by atomic mass is 32.2. The van der Waals surface area contributed by atoms with Gasteiger partial charge < -0.3 is 10.2 Å². The number of likely N-dealkylation sites (tertiary alicyclic amines) is 1. The summed E-state index contributed by atoms with van der Waals surface area (Å²) in [4.78, 5) is 19.7. The van der Waals surface area contributed by atoms with Crippen LogP contribution in [0, 0.1) is 0 Å². The summed E-state index contributed by atoms with van der Waals surface area (Å²) in [5.41, 5.74) is 1.98. The number of rotatable bonds is 5. The van der Waals surface area contributed by atoms with Crippen molar-refractivity contribution in [3.8, 4) is 10.6 Å². The van der Waals surface area contributed by atoms with Gasteiger partial charge in [-0.05, 0) is 37.2 Å². The third kappa shape index (κ3) is 5.12. The van der Waals surface area contributed by atoms with E-state index in [1.807, 2.05) is 23.6 Å². The van der Waals surface area contributed by atoms with Gasteiger partial charge in [-0.3, -0.25) is 4.79 Å². The van der Waals surface area contributed by atoms with E-state index < -0.39 is 0 Å². The molecule has 144 valence electrons. The Balaban J connectivity index is 1.24. The molecule has 6 heteroatoms. The van der Waals surface area contributed by atoms with Crippen molar-refractivity contribution in [1.82, 2.24) is 15.2 Å². The lowest BCUT2D eigenvalue weighted by molar-refractivity contribution is -0.121. The summed E-state index contributed by atoms with van der Waals surface area (Å²) < 4.78 is 0. The van der Waals surface area contributed by atoms with Crippen LogP contribution in [0.3, 0.4) is 0 Å². The van der Waals surface area contributed by atoms with Gasteiger partial charge in [-0.25, -0.2) is 4.98 Å². The summed E-state index contributed by atoms with van der Waals surface area (Å²) >= 11 is 3.69. The molecule has 0 unspecified atom stereocenters. The number of carbonyl (C=O) groups excluding carboxylic acids is 1. The van der Waals surface area contributed by atoms with Gasteiger partial charge in [0.2, 0.25) is 5.91 Å². The first-order chi connectivity index (χ1) is 13.3. The normalized spacial score (nSPS) is 19.9. The van der Waals surface area contributed by atoms with E-state index in [1.54, 1.807) is 11.3 Å². The van der Waals surface area contributed by atoms with Crippen molar-refractivity contribution >= 4 is 29.0 Å². The van der Waals surface area contributed by atoms with Crippen LogP contribution in [-0.2, 0) is 11.2 Å². The van der Waals surface area contributed by atoms with E-state index in [0.29, 0.717) is 12.5 Å². The number of piperidine rings is 1. The molecule has 0 bridgehead atoms. The molecule has 27 heavy (non-hydrogen) atoms. The molecule has 0 aliphatic carbocycles. The predicted molar refractivity (Wildman–Crippen MR) is 114 cm³/mol. The Bertz CT molecular complexity index is 735. The highest BCUT2D eigenvalue weighted by Crippen LogP contribution is 2.25. The van der Waals surface area contributed by atoms with E-state index >= 15 is 0 Å². The minimum absolute atomic E-state index is 0.104. The Morgan fingerprint density at radius 1 is 1.11 bits per heavy atom. The molecule has 1 aromatic heterocycles. The second kappa shape index (κ2) is 9.22. The second-order valence-corrected chi connectivity index (χ2v) is 9.49. The van der Waals surface area contributed by atoms with Gasteiger partial charge in [0.05, 0.1) is 12.1 Å². The zero-order chi connectivity index (χ0) is 18.5. The van der Waals surface area contributed by atoms with Gasteiger partial charge in [-0.1, -0.05) is 30.3 Å². The Kier molecular flexibility index (Phi) is 6.47. The molecule has 0 radical (unpaired) electrons. The predicted octanol–water partition coefficient (Wildman–Crippen LogP) is 3.83. The molecule has 1 N–H and O–H groups in total. The topological polar surface area (TPSA) is 45.2 Å². The summed E-state index contributed by atoms with van der Waals surface area (Å²) in [6, 6.07) is 11.2. The number of hydrogen-bond donors (Lipinski definition) is 1. The second-order valence-electron chi connectivity index (χ2n) is 7.41. The molecule has 2 aromatic rings. The van der Waals surface area contributed by atoms with E-state index in [9.17, 15) is 4.79 Å². The highest BCUT2D eigenvalue weighted by Gasteiger charge is 2.27. The average molecular weight is 402 g/mol. The lowest BCUT2D eigenvalue weighted by Crippen LogP contribution is -2.49. The lowest BCUT2D eigenvalue weighted by atomic mass is 10.0. The minimum Gasteiger partial charge on any atom is -0.353 e. The molecule has 3 heterocycles. The molecule has 0 atom stereocenters. The van der Waals surface area contributed by atoms with E-state index in [2.05, 4.69) is 39.1 Å². The van der Waals surface area contributed by atoms with E-state index in [0.717, 1.165) is 48.2 Å². The standard InChI is InChI=1S/C21H27N3OS2/c25-20(14-18-15-27-21(23-18)16-4-2-1-3-5-16)22-17-6-10-24(11-7-17)19-8-12-26-13-9-19/h1-5,15,17,19H,6-14H2,(H,22,25). The third-order valence-corrected chi connectivity index (χ3v) is 7.50. The number of benzene rings is 1. The van der Waals surface area contributed by atoms with E-state index in [4.69, 9.17) is 0 Å². The van der Waals surface area contributed by atoms with Crippen LogP contribution in [0.25, 0.3) is 10.6 Å². The minimum atomic E-state index is 0.104. The van der Waals surface area contributed by atoms with Crippen molar-refractivity contribution in [3.63, 3.8) is 0 Å². The Hall–Kier alpha value is -1.37. The van der Waals surface area contributed by atoms with Crippen LogP contribution in [0.1, 0.15) is 31.4 Å². The number of amides is 1. The van der Waals surface area contributed by atoms with Gasteiger partial charge in [-0.2, -0.15) is 11.8 Å². The maximum atomic E-state index is 12.4. The SMILES string of the molecule is O=C(Cc1csc(-c2ccccc2)n1)NC1CCN(C2CCSCC2)CC1. The maximum absolute atomic E-state index is 12.4. The van der Waals surface area contributed by atoms with Crippen molar-refractivity contribution in [2.75, 3.05) is 24.6 Å². The van der Waals surface area contributed by atoms with Crippen molar-refractivity contribution in [2.45, 2.75) is 44.2 Å². The Labute approximate surface area is 169 Å². The third-order valence-electron chi connectivity index (χ3n) is 5.52. The monoisotopic (exact) mass is 401 g/mol. The fourth-order valence-electron chi connectivity index (χ4n) is 4.00. The molecular weight excluding hydrogens is 374 g/mol. The highest BCUT2D eigenvalue weighted by molar-refractivity contribution is 7.99. The maximum Gasteiger partial charge on any atom is 0.226 e. The molecule has 1 amide bonds. The molecule has 0 saturated carbocycles. The Morgan fingerprint density at radius 2 is 1.85 bits per heavy atom. The summed E-state index contributed by atoms with van der Waals surface area (Å²) in [5.74, 6) is 2.72. The molecule has 2 fully saturated rings. The molecule has 4 nitrogen and oxygen atoms in total. The van der Waals surface area contributed by atoms with Gasteiger partial charge in [0.15, 0.2) is 0 Å². The van der Waals surface area contributed by atoms with Crippen molar-refractivity contribution in [2.24, 2.45) is 0 Å². The fourth-order valence-corrected chi connectivity index (χ4v) is 5.91. The molecule has 4 rings (SSSR count). The number of thiazole rings is 1. The smallest absolute Gasteiger partial charge is 0.226 e. The Morgan fingerprint density at radius 3 is 2.59 bits per heavy atom. The molecule has 1 aromatic carbocycles. The van der Waals surface area contributed by atoms with Crippen molar-refractivity contribution in [3.05, 3.63) is 41.4 Å². The number of thioether (sulfide) groups is 1. The van der Waals surface area contributed by atoms with Crippen molar-refractivity contribution < 1.29 is 4.79 Å². The molecule has 2 aliphatic heterocycles. The molecule has 2 saturated heterocycles. The van der Waals surface area contributed by atoms with Crippen LogP contribution in [-0.4, -0.2) is 52.5 Å². The number of nitrogens with zero attached hydrogens (tertiary/aromatic N) is 2. The fraction of sp³-hybridized carbons (Fsp3) is 0.524. The summed E-state index contributed by atoms with van der Waals surface area (Å²) in [6.45, 7) is 2.24. The average Bonchev–Trinajstić information content (AvgIpc) is 3.18. The first-order valence-electron chi connectivity index (χ1n) is 9.89. The van der Waals surface area contributed by atoms with Crippen LogP contribution in [0.5, 0.6) is 0 Å². The number of hydrogen-bond acceptors (Lipinski definition) is 5. The van der Waals surface area contributed by atoms with Crippen molar-refractivity contribution in [1.29, 1.82) is 0 Å². The van der Waals surface area contributed by atoms with Crippen LogP contribution >= 0.6 is 23.1 Å². The number of nitrogens with one attached hydrogen (secondary N) is 1. The van der Waals surface area contributed by atoms with Gasteiger partial charge in [0, 0.05) is 36.1 Å². The van der Waals surface area contributed by atoms with E-state index in [-0.39, 0.29) is 5.91 Å². The molecule has 0 spiro atoms. The van der Waals surface area contributed by atoms with Crippen LogP contribution < -0.4 is 5.32 Å². The van der Waals surface area contributed by atoms with Gasteiger partial charge in [0.25, 0.3) is 0 Å². The summed E-state index contributed by atoms with van der Waals surface area (Å²) in [7, 11) is 0. The molecular formula is C21H27N3OS2. The first kappa shape index (κ1) is 19.0. The molecule has 2 aliphatic rings. The lowest BCUT2D eigenvalue weighted by Gasteiger charge is -2.39. The van der Waals surface area contributed by atoms with Crippen LogP contribution in [0.15, 0.2) is 35.7 Å². The summed E-state index contributed by atoms with van der Waals surface area (Å²) in [5, 5.41) is 6.22. The zero-order valence-corrected chi connectivity index (χ0v) is 17.2. The van der Waals surface area contributed by atoms with Gasteiger partial charge >= 0.3 is 0 Å². The van der Waals surface area contributed by atoms with Crippen LogP contribution in [0.2, 0.25) is 0 Å². The quantitative estimate of drug-likeness (QED) is 0.827. The number of carbonyl (C=O) groups is 1. The van der Waals surface area contributed by atoms with E-state index in [1.165, 1.54) is 24.3 Å². The van der Waals surface area contributed by atoms with Gasteiger partial charge in [-0.15, -0.1) is 11.3 Å². The zero-order valence-electron chi connectivity index (χ0n) is 15.6. The van der Waals surface area contributed by atoms with Crippen LogP contribution in [0.4, 0.5) is 0 Å². The summed E-state index contributed by atoms with van der Waals surface area (Å²) in [6.07, 6.45) is 5.18. The number of aromatic nitrogens is 1. The first-order valence-corrected chi connectivity index (χ1v) is 11.9. The van der Waals surface area contributed by atoms with Gasteiger partial charge in [0.1, 0.15) is 5.01 Å². The largest absolute Gasteiger partial charge is 0.353 e.